The second-order valence-corrected chi connectivity index (χ2v) is 4.07. The van der Waals surface area contributed by atoms with Gasteiger partial charge < -0.3 is 0 Å². The summed E-state index contributed by atoms with van der Waals surface area (Å²) in [5.41, 5.74) is 2.97. The van der Waals surface area contributed by atoms with Crippen LogP contribution < -0.4 is 0 Å². The van der Waals surface area contributed by atoms with Crippen molar-refractivity contribution in [2.24, 2.45) is 0 Å². The zero-order valence-corrected chi connectivity index (χ0v) is 10.5. The van der Waals surface area contributed by atoms with Gasteiger partial charge in [-0.2, -0.15) is 20.9 Å². The van der Waals surface area contributed by atoms with E-state index in [2.05, 4.69) is 5.10 Å². The number of aryl methyl sites for hydroxylation is 2. The van der Waals surface area contributed by atoms with E-state index in [1.165, 1.54) is 0 Å². The van der Waals surface area contributed by atoms with Crippen LogP contribution in [0.15, 0.2) is 23.8 Å². The van der Waals surface area contributed by atoms with Crippen LogP contribution in [0.3, 0.4) is 0 Å². The second kappa shape index (κ2) is 4.64. The van der Waals surface area contributed by atoms with Crippen LogP contribution in [0.4, 0.5) is 0 Å². The van der Waals surface area contributed by atoms with Gasteiger partial charge in [-0.1, -0.05) is 0 Å². The van der Waals surface area contributed by atoms with Crippen molar-refractivity contribution in [1.29, 1.82) is 15.8 Å². The van der Waals surface area contributed by atoms with Crippen LogP contribution in [0.5, 0.6) is 0 Å². The van der Waals surface area contributed by atoms with E-state index in [4.69, 9.17) is 10.5 Å². The summed E-state index contributed by atoms with van der Waals surface area (Å²) in [6.45, 7) is 3.79. The Hall–Kier alpha value is -3.10. The first-order chi connectivity index (χ1) is 9.12. The SMILES string of the molecule is Cc1cc(C)c2ccc(C(C#N)=C(C#N)C#N)n2n1. The van der Waals surface area contributed by atoms with Crippen LogP contribution in [-0.2, 0) is 0 Å². The smallest absolute Gasteiger partial charge is 0.149 e. The molecule has 2 heterocycles. The fraction of sp³-hybridized carbons (Fsp3) is 0.143. The van der Waals surface area contributed by atoms with Gasteiger partial charge in [0, 0.05) is 0 Å². The van der Waals surface area contributed by atoms with Crippen LogP contribution in [-0.4, -0.2) is 9.61 Å². The highest BCUT2D eigenvalue weighted by Gasteiger charge is 2.14. The summed E-state index contributed by atoms with van der Waals surface area (Å²) in [6.07, 6.45) is 0. The molecule has 19 heavy (non-hydrogen) atoms. The lowest BCUT2D eigenvalue weighted by Crippen LogP contribution is -2.01. The summed E-state index contributed by atoms with van der Waals surface area (Å²) >= 11 is 0. The average molecular weight is 247 g/mol. The van der Waals surface area contributed by atoms with Crippen LogP contribution in [0.1, 0.15) is 17.0 Å². The van der Waals surface area contributed by atoms with Crippen molar-refractivity contribution in [2.45, 2.75) is 13.8 Å². The van der Waals surface area contributed by atoms with Gasteiger partial charge in [-0.05, 0) is 37.6 Å². The van der Waals surface area contributed by atoms with Crippen molar-refractivity contribution >= 4 is 11.1 Å². The third-order valence-electron chi connectivity index (χ3n) is 2.78. The highest BCUT2D eigenvalue weighted by atomic mass is 15.2. The van der Waals surface area contributed by atoms with Crippen molar-refractivity contribution in [3.8, 4) is 18.2 Å². The van der Waals surface area contributed by atoms with Gasteiger partial charge in [-0.25, -0.2) is 4.52 Å². The maximum Gasteiger partial charge on any atom is 0.149 e. The molecule has 0 saturated carbocycles. The molecule has 0 bridgehead atoms. The monoisotopic (exact) mass is 247 g/mol. The highest BCUT2D eigenvalue weighted by Crippen LogP contribution is 2.22. The largest absolute Gasteiger partial charge is 0.232 e. The van der Waals surface area contributed by atoms with E-state index in [-0.39, 0.29) is 11.1 Å². The van der Waals surface area contributed by atoms with E-state index in [1.54, 1.807) is 22.7 Å². The van der Waals surface area contributed by atoms with E-state index >= 15 is 0 Å². The number of nitriles is 3. The molecule has 0 N–H and O–H groups in total. The molecule has 5 heteroatoms. The number of allylic oxidation sites excluding steroid dienone is 2. The predicted octanol–water partition coefficient (Wildman–Crippen LogP) is 2.28. The van der Waals surface area contributed by atoms with E-state index in [1.807, 2.05) is 32.0 Å². The van der Waals surface area contributed by atoms with Crippen molar-refractivity contribution in [1.82, 2.24) is 9.61 Å². The van der Waals surface area contributed by atoms with Crippen molar-refractivity contribution in [2.75, 3.05) is 0 Å². The molecule has 0 saturated heterocycles. The van der Waals surface area contributed by atoms with Crippen LogP contribution in [0, 0.1) is 47.8 Å². The van der Waals surface area contributed by atoms with Gasteiger partial charge in [0.1, 0.15) is 29.4 Å². The maximum absolute atomic E-state index is 9.18. The number of rotatable bonds is 1. The molecule has 0 aliphatic rings. The molecule has 0 aliphatic carbocycles. The molecule has 0 fully saturated rings. The summed E-state index contributed by atoms with van der Waals surface area (Å²) in [5.74, 6) is 0. The average Bonchev–Trinajstić information content (AvgIpc) is 2.79. The second-order valence-electron chi connectivity index (χ2n) is 4.07. The van der Waals surface area contributed by atoms with Gasteiger partial charge in [0.25, 0.3) is 0 Å². The Labute approximate surface area is 110 Å². The molecular weight excluding hydrogens is 238 g/mol. The lowest BCUT2D eigenvalue weighted by Gasteiger charge is -2.04. The zero-order valence-electron chi connectivity index (χ0n) is 10.5. The molecule has 0 unspecified atom stereocenters. The van der Waals surface area contributed by atoms with E-state index < -0.39 is 0 Å². The summed E-state index contributed by atoms with van der Waals surface area (Å²) in [5, 5.41) is 31.3. The Morgan fingerprint density at radius 1 is 1.11 bits per heavy atom. The minimum Gasteiger partial charge on any atom is -0.232 e. The van der Waals surface area contributed by atoms with Gasteiger partial charge in [0.15, 0.2) is 0 Å². The standard InChI is InChI=1S/C14H9N5/c1-9-5-10(2)18-19-13(9)3-4-14(19)12(8-17)11(6-15)7-16/h3-5H,1-2H3. The molecule has 0 aliphatic heterocycles. The molecular formula is C14H9N5. The lowest BCUT2D eigenvalue weighted by molar-refractivity contribution is 0.887. The molecule has 0 amide bonds. The van der Waals surface area contributed by atoms with Crippen LogP contribution >= 0.6 is 0 Å². The molecule has 0 aromatic carbocycles. The Morgan fingerprint density at radius 3 is 2.37 bits per heavy atom. The third-order valence-corrected chi connectivity index (χ3v) is 2.78. The predicted molar refractivity (Wildman–Crippen MR) is 68.4 cm³/mol. The minimum absolute atomic E-state index is 0.0440. The molecule has 0 spiro atoms. The third kappa shape index (κ3) is 1.92. The topological polar surface area (TPSA) is 88.7 Å². The summed E-state index contributed by atoms with van der Waals surface area (Å²) in [7, 11) is 0. The molecule has 0 radical (unpaired) electrons. The van der Waals surface area contributed by atoms with Gasteiger partial charge >= 0.3 is 0 Å². The van der Waals surface area contributed by atoms with E-state index in [9.17, 15) is 5.26 Å². The highest BCUT2D eigenvalue weighted by molar-refractivity contribution is 5.84. The Balaban J connectivity index is 2.87. The first kappa shape index (κ1) is 12.4. The van der Waals surface area contributed by atoms with Crippen molar-refractivity contribution in [3.05, 3.63) is 40.7 Å². The van der Waals surface area contributed by atoms with E-state index in [0.717, 1.165) is 16.8 Å². The van der Waals surface area contributed by atoms with Gasteiger partial charge in [0.05, 0.1) is 16.9 Å². The molecule has 2 rings (SSSR count). The van der Waals surface area contributed by atoms with E-state index in [0.29, 0.717) is 5.69 Å². The Morgan fingerprint density at radius 2 is 1.79 bits per heavy atom. The molecule has 2 aromatic heterocycles. The number of nitrogens with zero attached hydrogens (tertiary/aromatic N) is 5. The van der Waals surface area contributed by atoms with Gasteiger partial charge in [-0.3, -0.25) is 0 Å². The quantitative estimate of drug-likeness (QED) is 0.723. The van der Waals surface area contributed by atoms with Gasteiger partial charge in [-0.15, -0.1) is 0 Å². The minimum atomic E-state index is -0.205. The summed E-state index contributed by atoms with van der Waals surface area (Å²) < 4.78 is 1.60. The Kier molecular flexibility index (Phi) is 3.02. The lowest BCUT2D eigenvalue weighted by atomic mass is 10.1. The summed E-state index contributed by atoms with van der Waals surface area (Å²) in [4.78, 5) is 0. The van der Waals surface area contributed by atoms with Crippen molar-refractivity contribution < 1.29 is 0 Å². The van der Waals surface area contributed by atoms with Gasteiger partial charge in [0.2, 0.25) is 0 Å². The van der Waals surface area contributed by atoms with Crippen molar-refractivity contribution in [3.63, 3.8) is 0 Å². The molecule has 2 aromatic rings. The number of hydrogen-bond acceptors (Lipinski definition) is 4. The number of fused-ring (bicyclic) bond motifs is 1. The first-order valence-electron chi connectivity index (χ1n) is 5.53. The number of hydrogen-bond donors (Lipinski definition) is 0. The Bertz CT molecular complexity index is 802. The molecule has 5 nitrogen and oxygen atoms in total. The molecule has 0 atom stereocenters. The molecule has 90 valence electrons. The fourth-order valence-corrected chi connectivity index (χ4v) is 1.98. The number of aromatic nitrogens is 2. The first-order valence-corrected chi connectivity index (χ1v) is 5.53. The fourth-order valence-electron chi connectivity index (χ4n) is 1.98. The summed E-state index contributed by atoms with van der Waals surface area (Å²) in [6, 6.07) is 10.8. The normalized spacial score (nSPS) is 9.42. The maximum atomic E-state index is 9.18. The van der Waals surface area contributed by atoms with Crippen LogP contribution in [0.2, 0.25) is 0 Å². The zero-order chi connectivity index (χ0) is 14.0. The van der Waals surface area contributed by atoms with Crippen LogP contribution in [0.25, 0.3) is 11.1 Å².